The van der Waals surface area contributed by atoms with Crippen molar-refractivity contribution in [3.05, 3.63) is 47.3 Å². The second-order valence-corrected chi connectivity index (χ2v) is 6.94. The van der Waals surface area contributed by atoms with Gasteiger partial charge in [0, 0.05) is 12.2 Å². The maximum atomic E-state index is 11.9. The van der Waals surface area contributed by atoms with Gasteiger partial charge in [-0.15, -0.1) is 0 Å². The van der Waals surface area contributed by atoms with Crippen LogP contribution in [0, 0.1) is 13.8 Å². The second-order valence-electron chi connectivity index (χ2n) is 5.37. The predicted octanol–water partition coefficient (Wildman–Crippen LogP) is 0.506. The molecule has 3 N–H and O–H groups in total. The van der Waals surface area contributed by atoms with Crippen molar-refractivity contribution in [2.45, 2.75) is 31.7 Å². The number of hydrogen-bond acceptors (Lipinski definition) is 4. The zero-order valence-electron chi connectivity index (χ0n) is 13.1. The van der Waals surface area contributed by atoms with E-state index in [0.717, 1.165) is 17.0 Å². The number of sulfonamides is 1. The summed E-state index contributed by atoms with van der Waals surface area (Å²) in [5.41, 5.74) is 2.74. The van der Waals surface area contributed by atoms with Crippen molar-refractivity contribution >= 4 is 15.9 Å². The SMILES string of the molecule is Cc1cc(C)n(CC(=O)NCCc2ccc(S(N)(=O)=O)cc2)n1. The van der Waals surface area contributed by atoms with Crippen molar-refractivity contribution < 1.29 is 13.2 Å². The quantitative estimate of drug-likeness (QED) is 0.801. The minimum atomic E-state index is -3.67. The molecule has 0 aliphatic heterocycles. The molecule has 0 fully saturated rings. The summed E-state index contributed by atoms with van der Waals surface area (Å²) >= 11 is 0. The van der Waals surface area contributed by atoms with E-state index in [1.807, 2.05) is 19.9 Å². The number of nitrogens with one attached hydrogen (secondary N) is 1. The summed E-state index contributed by atoms with van der Waals surface area (Å²) in [7, 11) is -3.67. The third-order valence-corrected chi connectivity index (χ3v) is 4.31. The number of carbonyl (C=O) groups is 1. The standard InChI is InChI=1S/C15H20N4O3S/c1-11-9-12(2)19(18-11)10-15(20)17-8-7-13-3-5-14(6-4-13)23(16,21)22/h3-6,9H,7-8,10H2,1-2H3,(H,17,20)(H2,16,21,22). The summed E-state index contributed by atoms with van der Waals surface area (Å²) in [6.45, 7) is 4.43. The number of benzene rings is 1. The second kappa shape index (κ2) is 6.93. The van der Waals surface area contributed by atoms with Gasteiger partial charge in [-0.2, -0.15) is 5.10 Å². The molecule has 1 aromatic heterocycles. The zero-order valence-corrected chi connectivity index (χ0v) is 13.9. The van der Waals surface area contributed by atoms with Gasteiger partial charge in [0.25, 0.3) is 0 Å². The van der Waals surface area contributed by atoms with Crippen LogP contribution >= 0.6 is 0 Å². The van der Waals surface area contributed by atoms with Crippen molar-refractivity contribution in [3.8, 4) is 0 Å². The Morgan fingerprint density at radius 2 is 1.91 bits per heavy atom. The van der Waals surface area contributed by atoms with Crippen LogP contribution in [0.15, 0.2) is 35.2 Å². The average molecular weight is 336 g/mol. The van der Waals surface area contributed by atoms with Gasteiger partial charge in [0.15, 0.2) is 0 Å². The fraction of sp³-hybridized carbons (Fsp3) is 0.333. The summed E-state index contributed by atoms with van der Waals surface area (Å²) in [5.74, 6) is -0.114. The number of aryl methyl sites for hydroxylation is 2. The number of primary sulfonamides is 1. The van der Waals surface area contributed by atoms with Gasteiger partial charge in [-0.05, 0) is 44.0 Å². The smallest absolute Gasteiger partial charge is 0.241 e. The van der Waals surface area contributed by atoms with E-state index in [4.69, 9.17) is 5.14 Å². The Bertz CT molecular complexity index is 795. The van der Waals surface area contributed by atoms with Crippen molar-refractivity contribution in [2.75, 3.05) is 6.54 Å². The van der Waals surface area contributed by atoms with Gasteiger partial charge in [0.1, 0.15) is 6.54 Å². The molecular formula is C15H20N4O3S. The van der Waals surface area contributed by atoms with Crippen LogP contribution in [-0.4, -0.2) is 30.7 Å². The average Bonchev–Trinajstić information content (AvgIpc) is 2.76. The number of amides is 1. The van der Waals surface area contributed by atoms with E-state index in [1.165, 1.54) is 12.1 Å². The van der Waals surface area contributed by atoms with Crippen LogP contribution < -0.4 is 10.5 Å². The highest BCUT2D eigenvalue weighted by Crippen LogP contribution is 2.09. The fourth-order valence-corrected chi connectivity index (χ4v) is 2.73. The van der Waals surface area contributed by atoms with Crippen LogP contribution in [-0.2, 0) is 27.8 Å². The van der Waals surface area contributed by atoms with E-state index in [0.29, 0.717) is 13.0 Å². The number of nitrogens with two attached hydrogens (primary N) is 1. The van der Waals surface area contributed by atoms with Gasteiger partial charge in [-0.25, -0.2) is 13.6 Å². The fourth-order valence-electron chi connectivity index (χ4n) is 2.22. The molecule has 1 aromatic carbocycles. The molecule has 0 atom stereocenters. The Balaban J connectivity index is 1.82. The van der Waals surface area contributed by atoms with E-state index in [1.54, 1.807) is 16.8 Å². The highest BCUT2D eigenvalue weighted by atomic mass is 32.2. The molecule has 124 valence electrons. The lowest BCUT2D eigenvalue weighted by Crippen LogP contribution is -2.30. The van der Waals surface area contributed by atoms with E-state index >= 15 is 0 Å². The number of aromatic nitrogens is 2. The molecule has 1 heterocycles. The third-order valence-electron chi connectivity index (χ3n) is 3.38. The summed E-state index contributed by atoms with van der Waals surface area (Å²) in [4.78, 5) is 12.0. The molecule has 0 aliphatic rings. The Hall–Kier alpha value is -2.19. The molecule has 0 spiro atoms. The highest BCUT2D eigenvalue weighted by molar-refractivity contribution is 7.89. The number of hydrogen-bond donors (Lipinski definition) is 2. The summed E-state index contributed by atoms with van der Waals surface area (Å²) < 4.78 is 24.0. The first-order chi connectivity index (χ1) is 10.8. The van der Waals surface area contributed by atoms with E-state index in [2.05, 4.69) is 10.4 Å². The number of carbonyl (C=O) groups excluding carboxylic acids is 1. The first kappa shape index (κ1) is 17.2. The minimum Gasteiger partial charge on any atom is -0.354 e. The normalized spacial score (nSPS) is 11.4. The first-order valence-electron chi connectivity index (χ1n) is 7.15. The monoisotopic (exact) mass is 336 g/mol. The van der Waals surface area contributed by atoms with Gasteiger partial charge in [-0.1, -0.05) is 12.1 Å². The lowest BCUT2D eigenvalue weighted by molar-refractivity contribution is -0.121. The lowest BCUT2D eigenvalue weighted by Gasteiger charge is -2.07. The van der Waals surface area contributed by atoms with Crippen molar-refractivity contribution in [2.24, 2.45) is 5.14 Å². The van der Waals surface area contributed by atoms with Gasteiger partial charge >= 0.3 is 0 Å². The molecule has 0 aliphatic carbocycles. The Labute approximate surface area is 135 Å². The molecule has 2 aromatic rings. The molecule has 8 heteroatoms. The molecule has 2 rings (SSSR count). The van der Waals surface area contributed by atoms with Gasteiger partial charge in [-0.3, -0.25) is 9.48 Å². The molecule has 0 saturated carbocycles. The minimum absolute atomic E-state index is 0.0785. The van der Waals surface area contributed by atoms with Crippen LogP contribution in [0.3, 0.4) is 0 Å². The Kier molecular flexibility index (Phi) is 5.17. The molecule has 0 bridgehead atoms. The zero-order chi connectivity index (χ0) is 17.0. The van der Waals surface area contributed by atoms with Gasteiger partial charge < -0.3 is 5.32 Å². The van der Waals surface area contributed by atoms with Crippen LogP contribution in [0.4, 0.5) is 0 Å². The molecular weight excluding hydrogens is 316 g/mol. The maximum absolute atomic E-state index is 11.9. The molecule has 1 amide bonds. The van der Waals surface area contributed by atoms with Crippen LogP contribution in [0.25, 0.3) is 0 Å². The molecule has 0 saturated heterocycles. The number of rotatable bonds is 6. The van der Waals surface area contributed by atoms with Crippen molar-refractivity contribution in [1.29, 1.82) is 0 Å². The van der Waals surface area contributed by atoms with Crippen molar-refractivity contribution in [1.82, 2.24) is 15.1 Å². The van der Waals surface area contributed by atoms with Crippen LogP contribution in [0.2, 0.25) is 0 Å². The largest absolute Gasteiger partial charge is 0.354 e. The Morgan fingerprint density at radius 1 is 1.26 bits per heavy atom. The van der Waals surface area contributed by atoms with E-state index in [9.17, 15) is 13.2 Å². The lowest BCUT2D eigenvalue weighted by atomic mass is 10.1. The van der Waals surface area contributed by atoms with Gasteiger partial charge in [0.05, 0.1) is 10.6 Å². The van der Waals surface area contributed by atoms with Crippen molar-refractivity contribution in [3.63, 3.8) is 0 Å². The first-order valence-corrected chi connectivity index (χ1v) is 8.70. The van der Waals surface area contributed by atoms with Gasteiger partial charge in [0.2, 0.25) is 15.9 Å². The summed E-state index contributed by atoms with van der Waals surface area (Å²) in [5, 5.41) is 12.1. The van der Waals surface area contributed by atoms with Crippen LogP contribution in [0.1, 0.15) is 17.0 Å². The van der Waals surface area contributed by atoms with E-state index < -0.39 is 10.0 Å². The molecule has 0 unspecified atom stereocenters. The maximum Gasteiger partial charge on any atom is 0.241 e. The topological polar surface area (TPSA) is 107 Å². The summed E-state index contributed by atoms with van der Waals surface area (Å²) in [6.07, 6.45) is 0.605. The summed E-state index contributed by atoms with van der Waals surface area (Å²) in [6, 6.07) is 8.21. The third kappa shape index (κ3) is 4.90. The molecule has 0 radical (unpaired) electrons. The Morgan fingerprint density at radius 3 is 2.43 bits per heavy atom. The van der Waals surface area contributed by atoms with E-state index in [-0.39, 0.29) is 17.3 Å². The molecule has 23 heavy (non-hydrogen) atoms. The van der Waals surface area contributed by atoms with Crippen LogP contribution in [0.5, 0.6) is 0 Å². The molecule has 7 nitrogen and oxygen atoms in total. The number of nitrogens with zero attached hydrogens (tertiary/aromatic N) is 2. The highest BCUT2D eigenvalue weighted by Gasteiger charge is 2.08. The predicted molar refractivity (Wildman–Crippen MR) is 86.2 cm³/mol.